The molecule has 1 fully saturated rings. The topological polar surface area (TPSA) is 66.6 Å². The summed E-state index contributed by atoms with van der Waals surface area (Å²) in [5.74, 6) is 0.145. The molecule has 2 aliphatic rings. The molecule has 2 amide bonds. The van der Waals surface area contributed by atoms with Gasteiger partial charge >= 0.3 is 0 Å². The van der Waals surface area contributed by atoms with Gasteiger partial charge in [0.15, 0.2) is 0 Å². The molecule has 0 radical (unpaired) electrons. The van der Waals surface area contributed by atoms with E-state index in [1.165, 1.54) is 0 Å². The first-order valence-electron chi connectivity index (χ1n) is 9.69. The van der Waals surface area contributed by atoms with Crippen LogP contribution in [0, 0.1) is 5.92 Å². The van der Waals surface area contributed by atoms with Gasteiger partial charge in [-0.05, 0) is 42.1 Å². The van der Waals surface area contributed by atoms with Crippen LogP contribution >= 0.6 is 24.0 Å². The summed E-state index contributed by atoms with van der Waals surface area (Å²) in [5, 5.41) is 0.405. The number of likely N-dealkylation sites (tertiary alicyclic amines) is 1. The number of hydrogen-bond donors (Lipinski definition) is 1. The van der Waals surface area contributed by atoms with Crippen LogP contribution in [0.1, 0.15) is 27.9 Å². The van der Waals surface area contributed by atoms with Gasteiger partial charge in [-0.1, -0.05) is 48.0 Å². The van der Waals surface area contributed by atoms with Gasteiger partial charge in [-0.15, -0.1) is 12.4 Å². The van der Waals surface area contributed by atoms with Crippen LogP contribution in [0.4, 0.5) is 0 Å². The minimum atomic E-state index is -0.518. The highest BCUT2D eigenvalue weighted by atomic mass is 35.5. The maximum atomic E-state index is 13.4. The predicted octanol–water partition coefficient (Wildman–Crippen LogP) is 3.14. The SMILES string of the molecule is Cl.NCC1CCN(C(=O)C2Cc3ccccc3CN2C(=O)c2ccccc2Cl)C1. The first kappa shape index (κ1) is 21.6. The minimum absolute atomic E-state index is 0. The van der Waals surface area contributed by atoms with Crippen molar-refractivity contribution >= 4 is 35.8 Å². The molecule has 0 bridgehead atoms. The Morgan fingerprint density at radius 2 is 1.76 bits per heavy atom. The molecule has 2 aromatic carbocycles. The third-order valence-corrected chi connectivity index (χ3v) is 6.16. The zero-order valence-electron chi connectivity index (χ0n) is 16.1. The lowest BCUT2D eigenvalue weighted by molar-refractivity contribution is -0.135. The van der Waals surface area contributed by atoms with E-state index in [0.29, 0.717) is 49.1 Å². The van der Waals surface area contributed by atoms with Gasteiger partial charge in [-0.3, -0.25) is 9.59 Å². The zero-order chi connectivity index (χ0) is 19.7. The number of amides is 2. The molecule has 7 heteroatoms. The summed E-state index contributed by atoms with van der Waals surface area (Å²) < 4.78 is 0. The molecule has 29 heavy (non-hydrogen) atoms. The van der Waals surface area contributed by atoms with Crippen molar-refractivity contribution in [2.45, 2.75) is 25.4 Å². The van der Waals surface area contributed by atoms with Crippen LogP contribution < -0.4 is 5.73 Å². The van der Waals surface area contributed by atoms with Crippen molar-refractivity contribution in [1.82, 2.24) is 9.80 Å². The van der Waals surface area contributed by atoms with E-state index in [1.807, 2.05) is 29.2 Å². The van der Waals surface area contributed by atoms with E-state index in [0.717, 1.165) is 17.5 Å². The fourth-order valence-corrected chi connectivity index (χ4v) is 4.40. The number of benzene rings is 2. The second-order valence-corrected chi connectivity index (χ2v) is 7.98. The fourth-order valence-electron chi connectivity index (χ4n) is 4.18. The predicted molar refractivity (Wildman–Crippen MR) is 116 cm³/mol. The highest BCUT2D eigenvalue weighted by molar-refractivity contribution is 6.33. The molecular formula is C22H25Cl2N3O2. The molecule has 2 aromatic rings. The zero-order valence-corrected chi connectivity index (χ0v) is 17.7. The summed E-state index contributed by atoms with van der Waals surface area (Å²) in [6, 6.07) is 14.5. The van der Waals surface area contributed by atoms with Gasteiger partial charge in [0.1, 0.15) is 6.04 Å². The molecule has 0 saturated carbocycles. The van der Waals surface area contributed by atoms with Crippen molar-refractivity contribution in [3.05, 3.63) is 70.2 Å². The molecule has 0 spiro atoms. The van der Waals surface area contributed by atoms with E-state index in [9.17, 15) is 9.59 Å². The van der Waals surface area contributed by atoms with E-state index in [4.69, 9.17) is 17.3 Å². The molecule has 2 unspecified atom stereocenters. The summed E-state index contributed by atoms with van der Waals surface area (Å²) in [6.07, 6.45) is 1.44. The van der Waals surface area contributed by atoms with Crippen LogP contribution in [0.15, 0.2) is 48.5 Å². The van der Waals surface area contributed by atoms with Gasteiger partial charge in [0.2, 0.25) is 5.91 Å². The largest absolute Gasteiger partial charge is 0.341 e. The van der Waals surface area contributed by atoms with E-state index in [1.54, 1.807) is 29.2 Å². The van der Waals surface area contributed by atoms with Gasteiger partial charge < -0.3 is 15.5 Å². The molecule has 0 aromatic heterocycles. The molecule has 2 aliphatic heterocycles. The van der Waals surface area contributed by atoms with Crippen LogP contribution in [0.2, 0.25) is 5.02 Å². The Morgan fingerprint density at radius 3 is 2.45 bits per heavy atom. The lowest BCUT2D eigenvalue weighted by Gasteiger charge is -2.38. The lowest BCUT2D eigenvalue weighted by atomic mass is 9.92. The second-order valence-electron chi connectivity index (χ2n) is 7.58. The standard InChI is InChI=1S/C22H24ClN3O2.ClH/c23-19-8-4-3-7-18(19)21(27)26-14-17-6-2-1-5-16(17)11-20(26)22(28)25-10-9-15(12-24)13-25;/h1-8,15,20H,9-14,24H2;1H. The average Bonchev–Trinajstić information content (AvgIpc) is 3.21. The number of carbonyl (C=O) groups excluding carboxylic acids is 2. The second kappa shape index (κ2) is 9.16. The van der Waals surface area contributed by atoms with Crippen molar-refractivity contribution in [1.29, 1.82) is 0 Å². The monoisotopic (exact) mass is 433 g/mol. The highest BCUT2D eigenvalue weighted by Gasteiger charge is 2.39. The molecule has 2 atom stereocenters. The number of halogens is 2. The van der Waals surface area contributed by atoms with Crippen molar-refractivity contribution in [2.75, 3.05) is 19.6 Å². The Balaban J connectivity index is 0.00000240. The Kier molecular flexibility index (Phi) is 6.83. The van der Waals surface area contributed by atoms with Crippen LogP contribution in [-0.4, -0.2) is 47.3 Å². The van der Waals surface area contributed by atoms with E-state index in [-0.39, 0.29) is 24.2 Å². The Morgan fingerprint density at radius 1 is 1.07 bits per heavy atom. The third kappa shape index (κ3) is 4.27. The van der Waals surface area contributed by atoms with Crippen molar-refractivity contribution in [3.63, 3.8) is 0 Å². The lowest BCUT2D eigenvalue weighted by Crippen LogP contribution is -2.53. The van der Waals surface area contributed by atoms with Gasteiger partial charge in [-0.2, -0.15) is 0 Å². The summed E-state index contributed by atoms with van der Waals surface area (Å²) in [5.41, 5.74) is 8.42. The van der Waals surface area contributed by atoms with Crippen molar-refractivity contribution in [2.24, 2.45) is 11.7 Å². The normalized spacial score (nSPS) is 20.8. The summed E-state index contributed by atoms with van der Waals surface area (Å²) in [6.45, 7) is 2.36. The Hall–Kier alpha value is -2.08. The Bertz CT molecular complexity index is 905. The van der Waals surface area contributed by atoms with Gasteiger partial charge in [0.25, 0.3) is 5.91 Å². The number of carbonyl (C=O) groups is 2. The highest BCUT2D eigenvalue weighted by Crippen LogP contribution is 2.29. The molecule has 1 saturated heterocycles. The number of fused-ring (bicyclic) bond motifs is 1. The van der Waals surface area contributed by atoms with E-state index >= 15 is 0 Å². The molecule has 0 aliphatic carbocycles. The smallest absolute Gasteiger partial charge is 0.256 e. The number of nitrogens with zero attached hydrogens (tertiary/aromatic N) is 2. The molecular weight excluding hydrogens is 409 g/mol. The van der Waals surface area contributed by atoms with E-state index < -0.39 is 6.04 Å². The van der Waals surface area contributed by atoms with Crippen molar-refractivity contribution < 1.29 is 9.59 Å². The first-order chi connectivity index (χ1) is 13.6. The molecule has 154 valence electrons. The van der Waals surface area contributed by atoms with Crippen LogP contribution in [0.25, 0.3) is 0 Å². The molecule has 2 N–H and O–H groups in total. The molecule has 4 rings (SSSR count). The first-order valence-corrected chi connectivity index (χ1v) is 10.1. The van der Waals surface area contributed by atoms with Crippen molar-refractivity contribution in [3.8, 4) is 0 Å². The van der Waals surface area contributed by atoms with Crippen LogP contribution in [0.5, 0.6) is 0 Å². The van der Waals surface area contributed by atoms with Gasteiger partial charge in [0.05, 0.1) is 10.6 Å². The number of rotatable bonds is 3. The summed E-state index contributed by atoms with van der Waals surface area (Å²) in [4.78, 5) is 30.2. The van der Waals surface area contributed by atoms with Crippen LogP contribution in [-0.2, 0) is 17.8 Å². The maximum Gasteiger partial charge on any atom is 0.256 e. The number of nitrogens with two attached hydrogens (primary N) is 1. The summed E-state index contributed by atoms with van der Waals surface area (Å²) >= 11 is 6.27. The summed E-state index contributed by atoms with van der Waals surface area (Å²) in [7, 11) is 0. The fraction of sp³-hybridized carbons (Fsp3) is 0.364. The molecule has 2 heterocycles. The third-order valence-electron chi connectivity index (χ3n) is 5.83. The average molecular weight is 434 g/mol. The Labute approximate surface area is 182 Å². The van der Waals surface area contributed by atoms with Crippen LogP contribution in [0.3, 0.4) is 0 Å². The molecule has 5 nitrogen and oxygen atoms in total. The maximum absolute atomic E-state index is 13.4. The van der Waals surface area contributed by atoms with E-state index in [2.05, 4.69) is 0 Å². The minimum Gasteiger partial charge on any atom is -0.341 e. The quantitative estimate of drug-likeness (QED) is 0.808. The van der Waals surface area contributed by atoms with Gasteiger partial charge in [-0.25, -0.2) is 0 Å². The van der Waals surface area contributed by atoms with Gasteiger partial charge in [0, 0.05) is 26.1 Å². The number of hydrogen-bond acceptors (Lipinski definition) is 3.